The van der Waals surface area contributed by atoms with Gasteiger partial charge in [0.2, 0.25) is 11.9 Å². The Labute approximate surface area is 180 Å². The molecule has 2 aromatic heterocycles. The van der Waals surface area contributed by atoms with E-state index < -0.39 is 36.6 Å². The summed E-state index contributed by atoms with van der Waals surface area (Å²) in [5.74, 6) is -3.58. The van der Waals surface area contributed by atoms with Gasteiger partial charge in [0.1, 0.15) is 11.6 Å². The molecule has 12 heteroatoms. The number of nitrogens with zero attached hydrogens (tertiary/aromatic N) is 5. The number of carbonyl (C=O) groups is 1. The van der Waals surface area contributed by atoms with Crippen molar-refractivity contribution in [2.24, 2.45) is 0 Å². The largest absolute Gasteiger partial charge is 0.419 e. The molecule has 0 saturated carbocycles. The Morgan fingerprint density at radius 2 is 2.00 bits per heavy atom. The molecule has 2 aliphatic heterocycles. The van der Waals surface area contributed by atoms with Crippen LogP contribution in [0.2, 0.25) is 0 Å². The summed E-state index contributed by atoms with van der Waals surface area (Å²) in [7, 11) is 0. The van der Waals surface area contributed by atoms with Crippen LogP contribution in [0, 0.1) is 0 Å². The zero-order valence-electron chi connectivity index (χ0n) is 17.2. The van der Waals surface area contributed by atoms with Gasteiger partial charge in [0.25, 0.3) is 5.92 Å². The Morgan fingerprint density at radius 3 is 2.66 bits per heavy atom. The van der Waals surface area contributed by atoms with Crippen molar-refractivity contribution in [1.29, 1.82) is 0 Å². The quantitative estimate of drug-likeness (QED) is 0.706. The first-order valence-electron chi connectivity index (χ1n) is 10.1. The Morgan fingerprint density at radius 1 is 1.25 bits per heavy atom. The van der Waals surface area contributed by atoms with Gasteiger partial charge < -0.3 is 15.1 Å². The van der Waals surface area contributed by atoms with Gasteiger partial charge in [0.05, 0.1) is 24.3 Å². The van der Waals surface area contributed by atoms with Gasteiger partial charge in [-0.3, -0.25) is 4.79 Å². The Bertz CT molecular complexity index is 1010. The molecule has 2 fully saturated rings. The van der Waals surface area contributed by atoms with Gasteiger partial charge in [-0.25, -0.2) is 18.7 Å². The van der Waals surface area contributed by atoms with E-state index in [1.807, 2.05) is 0 Å². The van der Waals surface area contributed by atoms with Crippen molar-refractivity contribution in [1.82, 2.24) is 19.9 Å². The maximum absolute atomic E-state index is 13.4. The molecule has 0 aromatic carbocycles. The molecule has 32 heavy (non-hydrogen) atoms. The van der Waals surface area contributed by atoms with Crippen molar-refractivity contribution in [2.45, 2.75) is 37.8 Å². The minimum Gasteiger partial charge on any atom is -0.342 e. The van der Waals surface area contributed by atoms with E-state index in [1.54, 1.807) is 4.90 Å². The lowest BCUT2D eigenvalue weighted by Crippen LogP contribution is -2.57. The van der Waals surface area contributed by atoms with Crippen LogP contribution in [0.3, 0.4) is 0 Å². The number of amides is 1. The van der Waals surface area contributed by atoms with E-state index in [-0.39, 0.29) is 23.6 Å². The van der Waals surface area contributed by atoms with Crippen LogP contribution in [0.5, 0.6) is 0 Å². The van der Waals surface area contributed by atoms with Crippen molar-refractivity contribution < 1.29 is 26.7 Å². The number of anilines is 3. The minimum absolute atomic E-state index is 0.000336. The number of hydrogen-bond acceptors (Lipinski definition) is 6. The molecule has 0 aliphatic carbocycles. The van der Waals surface area contributed by atoms with Crippen LogP contribution in [-0.2, 0) is 11.0 Å². The summed E-state index contributed by atoms with van der Waals surface area (Å²) in [5.41, 5.74) is -0.499. The predicted molar refractivity (Wildman–Crippen MR) is 106 cm³/mol. The molecule has 0 spiro atoms. The molecule has 1 N–H and O–H groups in total. The van der Waals surface area contributed by atoms with E-state index in [4.69, 9.17) is 0 Å². The number of hydrogen-bond donors (Lipinski definition) is 1. The Hall–Kier alpha value is -3.05. The second kappa shape index (κ2) is 8.14. The van der Waals surface area contributed by atoms with E-state index in [9.17, 15) is 26.7 Å². The van der Waals surface area contributed by atoms with Crippen molar-refractivity contribution >= 4 is 23.5 Å². The van der Waals surface area contributed by atoms with Crippen LogP contribution < -0.4 is 10.2 Å². The molecule has 1 amide bonds. The topological polar surface area (TPSA) is 74.2 Å². The SMILES string of the molecule is CC(=O)N1CCCC(c2cc(Nc3ncccc3C(F)(F)F)nc(N3CC(F)(F)C3)n2)C1. The molecule has 7 nitrogen and oxygen atoms in total. The smallest absolute Gasteiger partial charge is 0.342 e. The molecular weight excluding hydrogens is 435 g/mol. The third-order valence-electron chi connectivity index (χ3n) is 5.51. The zero-order valence-corrected chi connectivity index (χ0v) is 17.2. The first-order chi connectivity index (χ1) is 15.0. The van der Waals surface area contributed by atoms with Gasteiger partial charge in [0, 0.05) is 38.2 Å². The van der Waals surface area contributed by atoms with E-state index in [1.165, 1.54) is 30.2 Å². The van der Waals surface area contributed by atoms with Gasteiger partial charge in [-0.15, -0.1) is 0 Å². The summed E-state index contributed by atoms with van der Waals surface area (Å²) in [6.07, 6.45) is -2.00. The highest BCUT2D eigenvalue weighted by molar-refractivity contribution is 5.73. The molecule has 4 rings (SSSR count). The highest BCUT2D eigenvalue weighted by atomic mass is 19.4. The summed E-state index contributed by atoms with van der Waals surface area (Å²) in [6.45, 7) is 1.31. The van der Waals surface area contributed by atoms with Crippen molar-refractivity contribution in [3.63, 3.8) is 0 Å². The fourth-order valence-electron chi connectivity index (χ4n) is 3.88. The number of pyridine rings is 1. The monoisotopic (exact) mass is 456 g/mol. The number of alkyl halides is 5. The minimum atomic E-state index is -4.64. The number of halogens is 5. The van der Waals surface area contributed by atoms with Crippen molar-refractivity contribution in [3.8, 4) is 0 Å². The molecule has 2 saturated heterocycles. The van der Waals surface area contributed by atoms with Gasteiger partial charge in [-0.1, -0.05) is 0 Å². The normalized spacial score (nSPS) is 20.6. The number of rotatable bonds is 4. The predicted octanol–water partition coefficient (Wildman–Crippen LogP) is 3.82. The van der Waals surface area contributed by atoms with Gasteiger partial charge in [-0.05, 0) is 25.0 Å². The molecular formula is C20H21F5N6O. The number of aromatic nitrogens is 3. The van der Waals surface area contributed by atoms with E-state index in [0.717, 1.165) is 12.5 Å². The van der Waals surface area contributed by atoms with E-state index in [2.05, 4.69) is 20.3 Å². The summed E-state index contributed by atoms with van der Waals surface area (Å²) >= 11 is 0. The molecule has 4 heterocycles. The number of piperidine rings is 1. The first-order valence-corrected chi connectivity index (χ1v) is 10.1. The molecule has 1 unspecified atom stereocenters. The Balaban J connectivity index is 1.68. The fraction of sp³-hybridized carbons (Fsp3) is 0.500. The average Bonchev–Trinajstić information content (AvgIpc) is 2.71. The molecule has 0 radical (unpaired) electrons. The number of carbonyl (C=O) groups excluding carboxylic acids is 1. The molecule has 2 aliphatic rings. The van der Waals surface area contributed by atoms with Crippen molar-refractivity contribution in [2.75, 3.05) is 36.4 Å². The van der Waals surface area contributed by atoms with E-state index in [0.29, 0.717) is 25.2 Å². The van der Waals surface area contributed by atoms with Crippen LogP contribution in [-0.4, -0.2) is 57.9 Å². The molecule has 0 bridgehead atoms. The highest BCUT2D eigenvalue weighted by Crippen LogP contribution is 2.36. The number of nitrogens with one attached hydrogen (secondary N) is 1. The maximum atomic E-state index is 13.4. The van der Waals surface area contributed by atoms with Crippen LogP contribution >= 0.6 is 0 Å². The van der Waals surface area contributed by atoms with Crippen LogP contribution in [0.1, 0.15) is 36.9 Å². The third kappa shape index (κ3) is 4.73. The number of likely N-dealkylation sites (tertiary alicyclic amines) is 1. The van der Waals surface area contributed by atoms with Gasteiger partial charge in [0.15, 0.2) is 0 Å². The van der Waals surface area contributed by atoms with Gasteiger partial charge in [-0.2, -0.15) is 18.2 Å². The van der Waals surface area contributed by atoms with Gasteiger partial charge >= 0.3 is 6.18 Å². The Kier molecular flexibility index (Phi) is 5.63. The van der Waals surface area contributed by atoms with E-state index >= 15 is 0 Å². The lowest BCUT2D eigenvalue weighted by atomic mass is 9.94. The first kappa shape index (κ1) is 22.2. The maximum Gasteiger partial charge on any atom is 0.419 e. The third-order valence-corrected chi connectivity index (χ3v) is 5.51. The van der Waals surface area contributed by atoms with Crippen LogP contribution in [0.4, 0.5) is 39.5 Å². The summed E-state index contributed by atoms with van der Waals surface area (Å²) < 4.78 is 66.9. The molecule has 1 atom stereocenters. The lowest BCUT2D eigenvalue weighted by Gasteiger charge is -2.39. The highest BCUT2D eigenvalue weighted by Gasteiger charge is 2.45. The van der Waals surface area contributed by atoms with Crippen molar-refractivity contribution in [3.05, 3.63) is 35.7 Å². The molecule has 172 valence electrons. The fourth-order valence-corrected chi connectivity index (χ4v) is 3.88. The van der Waals surface area contributed by atoms with Crippen LogP contribution in [0.15, 0.2) is 24.4 Å². The average molecular weight is 456 g/mol. The standard InChI is InChI=1S/C20H21F5N6O/c1-12(32)30-7-3-4-13(9-30)15-8-16(29-18(27-15)31-10-19(21,22)11-31)28-17-14(20(23,24)25)5-2-6-26-17/h2,5-6,8,13H,3-4,7,9-11H2,1H3,(H,26,27,28,29). The second-order valence-corrected chi connectivity index (χ2v) is 8.02. The lowest BCUT2D eigenvalue weighted by molar-refractivity contribution is -0.137. The summed E-state index contributed by atoms with van der Waals surface area (Å²) in [4.78, 5) is 27.1. The zero-order chi connectivity index (χ0) is 23.1. The second-order valence-electron chi connectivity index (χ2n) is 8.02. The summed E-state index contributed by atoms with van der Waals surface area (Å²) in [5, 5.41) is 2.58. The molecule has 2 aromatic rings. The van der Waals surface area contributed by atoms with Crippen LogP contribution in [0.25, 0.3) is 0 Å². The summed E-state index contributed by atoms with van der Waals surface area (Å²) in [6, 6.07) is 3.55.